The van der Waals surface area contributed by atoms with Gasteiger partial charge in [0, 0.05) is 13.0 Å². The molecular formula is C7H16O5. The molecule has 0 heterocycles. The van der Waals surface area contributed by atoms with Gasteiger partial charge in [0.15, 0.2) is 6.29 Å². The highest BCUT2D eigenvalue weighted by molar-refractivity contribution is 4.63. The van der Waals surface area contributed by atoms with Crippen LogP contribution in [-0.2, 0) is 4.74 Å². The summed E-state index contributed by atoms with van der Waals surface area (Å²) in [6.07, 6.45) is -2.71. The average Bonchev–Trinajstić information content (AvgIpc) is 2.00. The summed E-state index contributed by atoms with van der Waals surface area (Å²) in [4.78, 5) is 0. The second-order valence-corrected chi connectivity index (χ2v) is 2.56. The van der Waals surface area contributed by atoms with Gasteiger partial charge in [-0.2, -0.15) is 0 Å². The third-order valence-electron chi connectivity index (χ3n) is 1.43. The van der Waals surface area contributed by atoms with E-state index in [-0.39, 0.29) is 19.6 Å². The molecular weight excluding hydrogens is 164 g/mol. The number of rotatable bonds is 6. The lowest BCUT2D eigenvalue weighted by atomic mass is 10.2. The van der Waals surface area contributed by atoms with Crippen LogP contribution in [0.1, 0.15) is 13.3 Å². The molecule has 0 saturated heterocycles. The van der Waals surface area contributed by atoms with Crippen molar-refractivity contribution in [2.45, 2.75) is 31.8 Å². The average molecular weight is 180 g/mol. The Morgan fingerprint density at radius 2 is 1.83 bits per heavy atom. The van der Waals surface area contributed by atoms with Crippen molar-refractivity contribution in [2.24, 2.45) is 0 Å². The van der Waals surface area contributed by atoms with E-state index in [0.717, 1.165) is 0 Å². The SMILES string of the molecule is C[C@H](O)C(CO)OC(O)CCO. The quantitative estimate of drug-likeness (QED) is 0.371. The van der Waals surface area contributed by atoms with E-state index >= 15 is 0 Å². The van der Waals surface area contributed by atoms with Gasteiger partial charge in [-0.15, -0.1) is 0 Å². The summed E-state index contributed by atoms with van der Waals surface area (Å²) in [6, 6.07) is 0. The minimum Gasteiger partial charge on any atom is -0.396 e. The molecule has 0 aromatic rings. The van der Waals surface area contributed by atoms with Gasteiger partial charge in [-0.3, -0.25) is 0 Å². The maximum Gasteiger partial charge on any atom is 0.157 e. The second-order valence-electron chi connectivity index (χ2n) is 2.56. The molecule has 0 rings (SSSR count). The molecule has 0 radical (unpaired) electrons. The molecule has 74 valence electrons. The van der Waals surface area contributed by atoms with Crippen molar-refractivity contribution in [2.75, 3.05) is 13.2 Å². The van der Waals surface area contributed by atoms with Crippen LogP contribution < -0.4 is 0 Å². The normalized spacial score (nSPS) is 18.8. The van der Waals surface area contributed by atoms with Crippen molar-refractivity contribution in [3.05, 3.63) is 0 Å². The summed E-state index contributed by atoms with van der Waals surface area (Å²) in [6.45, 7) is 0.895. The first kappa shape index (κ1) is 11.8. The Bertz CT molecular complexity index is 106. The molecule has 0 aromatic carbocycles. The van der Waals surface area contributed by atoms with Gasteiger partial charge in [-0.25, -0.2) is 0 Å². The number of aliphatic hydroxyl groups is 4. The van der Waals surface area contributed by atoms with Gasteiger partial charge in [0.05, 0.1) is 12.7 Å². The maximum atomic E-state index is 9.00. The molecule has 0 aliphatic carbocycles. The lowest BCUT2D eigenvalue weighted by Crippen LogP contribution is -2.34. The van der Waals surface area contributed by atoms with Crippen LogP contribution in [-0.4, -0.2) is 52.1 Å². The first-order valence-electron chi connectivity index (χ1n) is 3.85. The van der Waals surface area contributed by atoms with Crippen molar-refractivity contribution in [3.63, 3.8) is 0 Å². The van der Waals surface area contributed by atoms with Crippen molar-refractivity contribution >= 4 is 0 Å². The highest BCUT2D eigenvalue weighted by Gasteiger charge is 2.17. The Kier molecular flexibility index (Phi) is 6.23. The zero-order valence-corrected chi connectivity index (χ0v) is 7.05. The van der Waals surface area contributed by atoms with Crippen LogP contribution in [0.25, 0.3) is 0 Å². The van der Waals surface area contributed by atoms with Crippen LogP contribution >= 0.6 is 0 Å². The molecule has 0 saturated carbocycles. The standard InChI is InChI=1S/C7H16O5/c1-5(10)6(4-9)12-7(11)2-3-8/h5-11H,2-4H2,1H3/t5-,6?,7?/m0/s1. The van der Waals surface area contributed by atoms with E-state index in [1.807, 2.05) is 0 Å². The van der Waals surface area contributed by atoms with Crippen LogP contribution in [0.5, 0.6) is 0 Å². The second kappa shape index (κ2) is 6.33. The largest absolute Gasteiger partial charge is 0.396 e. The van der Waals surface area contributed by atoms with Gasteiger partial charge < -0.3 is 25.2 Å². The van der Waals surface area contributed by atoms with E-state index in [4.69, 9.17) is 25.2 Å². The Morgan fingerprint density at radius 3 is 2.17 bits per heavy atom. The van der Waals surface area contributed by atoms with Gasteiger partial charge in [0.1, 0.15) is 6.10 Å². The van der Waals surface area contributed by atoms with Crippen LogP contribution in [0.2, 0.25) is 0 Å². The van der Waals surface area contributed by atoms with Gasteiger partial charge >= 0.3 is 0 Å². The molecule has 0 aliphatic rings. The summed E-state index contributed by atoms with van der Waals surface area (Å²) >= 11 is 0. The Morgan fingerprint density at radius 1 is 1.25 bits per heavy atom. The maximum absolute atomic E-state index is 9.00. The minimum absolute atomic E-state index is 0.0726. The molecule has 0 aliphatic heterocycles. The van der Waals surface area contributed by atoms with E-state index < -0.39 is 18.5 Å². The predicted octanol–water partition coefficient (Wildman–Crippen LogP) is -1.55. The van der Waals surface area contributed by atoms with E-state index in [1.165, 1.54) is 6.92 Å². The topological polar surface area (TPSA) is 90.2 Å². The van der Waals surface area contributed by atoms with Crippen molar-refractivity contribution in [3.8, 4) is 0 Å². The molecule has 0 amide bonds. The van der Waals surface area contributed by atoms with Gasteiger partial charge in [0.25, 0.3) is 0 Å². The van der Waals surface area contributed by atoms with Gasteiger partial charge in [0.2, 0.25) is 0 Å². The molecule has 12 heavy (non-hydrogen) atoms. The predicted molar refractivity (Wildman–Crippen MR) is 41.3 cm³/mol. The molecule has 5 nitrogen and oxygen atoms in total. The van der Waals surface area contributed by atoms with E-state index in [1.54, 1.807) is 0 Å². The molecule has 0 aromatic heterocycles. The minimum atomic E-state index is -1.14. The zero-order valence-electron chi connectivity index (χ0n) is 7.05. The molecule has 0 bridgehead atoms. The fourth-order valence-corrected chi connectivity index (χ4v) is 0.690. The van der Waals surface area contributed by atoms with Gasteiger partial charge in [-0.1, -0.05) is 0 Å². The number of hydrogen-bond acceptors (Lipinski definition) is 5. The molecule has 3 atom stereocenters. The molecule has 2 unspecified atom stereocenters. The lowest BCUT2D eigenvalue weighted by molar-refractivity contribution is -0.178. The van der Waals surface area contributed by atoms with Gasteiger partial charge in [-0.05, 0) is 6.92 Å². The van der Waals surface area contributed by atoms with Crippen molar-refractivity contribution in [1.29, 1.82) is 0 Å². The van der Waals surface area contributed by atoms with E-state index in [2.05, 4.69) is 0 Å². The van der Waals surface area contributed by atoms with Crippen molar-refractivity contribution < 1.29 is 25.2 Å². The third-order valence-corrected chi connectivity index (χ3v) is 1.43. The first-order valence-corrected chi connectivity index (χ1v) is 3.85. The third kappa shape index (κ3) is 4.63. The Labute approximate surface area is 71.2 Å². The zero-order chi connectivity index (χ0) is 9.56. The molecule has 0 fully saturated rings. The van der Waals surface area contributed by atoms with Crippen LogP contribution in [0.3, 0.4) is 0 Å². The summed E-state index contributed by atoms with van der Waals surface area (Å²) < 4.78 is 4.80. The first-order chi connectivity index (χ1) is 5.61. The smallest absolute Gasteiger partial charge is 0.157 e. The van der Waals surface area contributed by atoms with E-state index in [0.29, 0.717) is 0 Å². The Balaban J connectivity index is 3.69. The highest BCUT2D eigenvalue weighted by atomic mass is 16.6. The van der Waals surface area contributed by atoms with E-state index in [9.17, 15) is 0 Å². The lowest BCUT2D eigenvalue weighted by Gasteiger charge is -2.21. The number of hydrogen-bond donors (Lipinski definition) is 4. The molecule has 0 spiro atoms. The van der Waals surface area contributed by atoms with Crippen LogP contribution in [0.15, 0.2) is 0 Å². The fourth-order valence-electron chi connectivity index (χ4n) is 0.690. The molecule has 4 N–H and O–H groups in total. The monoisotopic (exact) mass is 180 g/mol. The summed E-state index contributed by atoms with van der Waals surface area (Å²) in [5, 5.41) is 35.0. The summed E-state index contributed by atoms with van der Waals surface area (Å²) in [5.74, 6) is 0. The summed E-state index contributed by atoms with van der Waals surface area (Å²) in [7, 11) is 0. The van der Waals surface area contributed by atoms with Crippen LogP contribution in [0, 0.1) is 0 Å². The summed E-state index contributed by atoms with van der Waals surface area (Å²) in [5.41, 5.74) is 0. The Hall–Kier alpha value is -0.200. The van der Waals surface area contributed by atoms with Crippen molar-refractivity contribution in [1.82, 2.24) is 0 Å². The highest BCUT2D eigenvalue weighted by Crippen LogP contribution is 2.03. The number of aliphatic hydroxyl groups excluding tert-OH is 4. The number of ether oxygens (including phenoxy) is 1. The van der Waals surface area contributed by atoms with Crippen LogP contribution in [0.4, 0.5) is 0 Å². The fraction of sp³-hybridized carbons (Fsp3) is 1.00. The molecule has 5 heteroatoms.